The summed E-state index contributed by atoms with van der Waals surface area (Å²) in [5.74, 6) is 0.458. The first-order valence-corrected chi connectivity index (χ1v) is 15.4. The van der Waals surface area contributed by atoms with Gasteiger partial charge < -0.3 is 19.3 Å². The van der Waals surface area contributed by atoms with Gasteiger partial charge >= 0.3 is 5.97 Å². The van der Waals surface area contributed by atoms with E-state index in [1.54, 1.807) is 18.3 Å². The molecule has 0 unspecified atom stereocenters. The van der Waals surface area contributed by atoms with E-state index in [-0.39, 0.29) is 10.7 Å². The molecule has 2 N–H and O–H groups in total. The summed E-state index contributed by atoms with van der Waals surface area (Å²) < 4.78 is 11.8. The first kappa shape index (κ1) is 26.9. The van der Waals surface area contributed by atoms with E-state index in [0.717, 1.165) is 16.9 Å². The van der Waals surface area contributed by atoms with Gasteiger partial charge in [-0.25, -0.2) is 14.8 Å². The third kappa shape index (κ3) is 6.57. The van der Waals surface area contributed by atoms with E-state index >= 15 is 0 Å². The quantitative estimate of drug-likeness (QED) is 0.175. The second-order valence-electron chi connectivity index (χ2n) is 10.6. The molecule has 0 saturated carbocycles. The van der Waals surface area contributed by atoms with Crippen molar-refractivity contribution in [3.8, 4) is 17.0 Å². The summed E-state index contributed by atoms with van der Waals surface area (Å²) in [5.41, 5.74) is 3.13. The monoisotopic (exact) mass is 527 g/mol. The smallest absolute Gasteiger partial charge is 0.352 e. The number of rotatable bonds is 9. The highest BCUT2D eigenvalue weighted by atomic mass is 28.4. The predicted molar refractivity (Wildman–Crippen MR) is 152 cm³/mol. The molecule has 2 heterocycles. The van der Waals surface area contributed by atoms with Crippen LogP contribution in [0.1, 0.15) is 37.8 Å². The van der Waals surface area contributed by atoms with Gasteiger partial charge in [-0.2, -0.15) is 0 Å². The Hall–Kier alpha value is -4.17. The van der Waals surface area contributed by atoms with Crippen LogP contribution in [0.5, 0.6) is 5.75 Å². The third-order valence-corrected chi connectivity index (χ3v) is 11.0. The Morgan fingerprint density at radius 1 is 1.08 bits per heavy atom. The maximum absolute atomic E-state index is 12.0. The van der Waals surface area contributed by atoms with Gasteiger partial charge in [0, 0.05) is 18.1 Å². The molecule has 0 spiro atoms. The van der Waals surface area contributed by atoms with Gasteiger partial charge in [0.25, 0.3) is 0 Å². The zero-order chi connectivity index (χ0) is 27.3. The van der Waals surface area contributed by atoms with Crippen molar-refractivity contribution in [3.63, 3.8) is 0 Å². The molecule has 2 aromatic carbocycles. The lowest BCUT2D eigenvalue weighted by Gasteiger charge is -2.36. The minimum absolute atomic E-state index is 0.0684. The first-order chi connectivity index (χ1) is 18.0. The van der Waals surface area contributed by atoms with Crippen LogP contribution in [0.25, 0.3) is 17.3 Å². The van der Waals surface area contributed by atoms with Crippen molar-refractivity contribution in [2.24, 2.45) is 0 Å². The van der Waals surface area contributed by atoms with Crippen molar-refractivity contribution in [1.29, 1.82) is 0 Å². The van der Waals surface area contributed by atoms with Crippen molar-refractivity contribution in [1.82, 2.24) is 9.97 Å². The summed E-state index contributed by atoms with van der Waals surface area (Å²) in [6.07, 6.45) is 5.03. The van der Waals surface area contributed by atoms with Gasteiger partial charge in [-0.15, -0.1) is 0 Å². The fraction of sp³-hybridized carbons (Fsp3) is 0.233. The number of anilines is 1. The number of hydrogen-bond acceptors (Lipinski definition) is 6. The summed E-state index contributed by atoms with van der Waals surface area (Å²) in [5, 5.41) is 12.8. The number of aliphatic carboxylic acids is 1. The minimum Gasteiger partial charge on any atom is -0.543 e. The van der Waals surface area contributed by atoms with Crippen LogP contribution in [0.2, 0.25) is 18.1 Å². The molecule has 0 aliphatic carbocycles. The number of hydrogen-bond donors (Lipinski definition) is 2. The minimum atomic E-state index is -2.01. The number of nitrogens with zero attached hydrogens (tertiary/aromatic N) is 2. The van der Waals surface area contributed by atoms with E-state index in [4.69, 9.17) is 13.8 Å². The highest BCUT2D eigenvalue weighted by molar-refractivity contribution is 6.74. The Kier molecular flexibility index (Phi) is 7.82. The number of carboxylic acid groups (broad SMARTS) is 1. The molecule has 0 bridgehead atoms. The van der Waals surface area contributed by atoms with Crippen LogP contribution in [0.3, 0.4) is 0 Å². The molecule has 0 amide bonds. The maximum atomic E-state index is 12.0. The lowest BCUT2D eigenvalue weighted by Crippen LogP contribution is -2.43. The van der Waals surface area contributed by atoms with Crippen molar-refractivity contribution in [2.45, 2.75) is 45.3 Å². The van der Waals surface area contributed by atoms with Crippen LogP contribution in [-0.2, 0) is 11.2 Å². The molecule has 0 atom stereocenters. The highest BCUT2D eigenvalue weighted by Gasteiger charge is 2.39. The molecule has 196 valence electrons. The van der Waals surface area contributed by atoms with E-state index in [1.165, 1.54) is 12.3 Å². The van der Waals surface area contributed by atoms with Crippen molar-refractivity contribution < 1.29 is 18.7 Å². The Morgan fingerprint density at radius 3 is 2.50 bits per heavy atom. The fourth-order valence-electron chi connectivity index (χ4n) is 3.54. The molecule has 4 rings (SSSR count). The largest absolute Gasteiger partial charge is 0.543 e. The summed E-state index contributed by atoms with van der Waals surface area (Å²) >= 11 is 0. The SMILES string of the molecule is CC(C)(C)[Si](C)(C)Oc1cccc(-c2cnc(N/C(=C\c3ccco3)C(=O)O)c(Cc3ccccc3)n2)c1. The van der Waals surface area contributed by atoms with E-state index < -0.39 is 14.3 Å². The molecule has 38 heavy (non-hydrogen) atoms. The van der Waals surface area contributed by atoms with E-state index in [9.17, 15) is 9.90 Å². The molecule has 0 fully saturated rings. The average molecular weight is 528 g/mol. The number of carbonyl (C=O) groups is 1. The van der Waals surface area contributed by atoms with Crippen LogP contribution >= 0.6 is 0 Å². The Balaban J connectivity index is 1.71. The van der Waals surface area contributed by atoms with Gasteiger partial charge in [-0.1, -0.05) is 63.2 Å². The van der Waals surface area contributed by atoms with Crippen molar-refractivity contribution >= 4 is 26.2 Å². The van der Waals surface area contributed by atoms with Crippen LogP contribution in [0, 0.1) is 0 Å². The maximum Gasteiger partial charge on any atom is 0.352 e. The highest BCUT2D eigenvalue weighted by Crippen LogP contribution is 2.38. The predicted octanol–water partition coefficient (Wildman–Crippen LogP) is 7.25. The third-order valence-electron chi connectivity index (χ3n) is 6.68. The number of furan rings is 1. The Morgan fingerprint density at radius 2 is 1.84 bits per heavy atom. The summed E-state index contributed by atoms with van der Waals surface area (Å²) in [7, 11) is -2.01. The van der Waals surface area contributed by atoms with Crippen molar-refractivity contribution in [2.75, 3.05) is 5.32 Å². The van der Waals surface area contributed by atoms with Crippen LogP contribution in [0.4, 0.5) is 5.82 Å². The molecule has 2 aromatic heterocycles. The molecule has 7 nitrogen and oxygen atoms in total. The number of carboxylic acids is 1. The van der Waals surface area contributed by atoms with Gasteiger partial charge in [0.05, 0.1) is 23.8 Å². The first-order valence-electron chi connectivity index (χ1n) is 12.5. The van der Waals surface area contributed by atoms with Gasteiger partial charge in [-0.05, 0) is 48.0 Å². The summed E-state index contributed by atoms with van der Waals surface area (Å²) in [6.45, 7) is 11.1. The Bertz CT molecular complexity index is 1430. The van der Waals surface area contributed by atoms with Crippen LogP contribution in [0.15, 0.2) is 89.3 Å². The zero-order valence-corrected chi connectivity index (χ0v) is 23.4. The molecular formula is C30H33N3O4Si. The van der Waals surface area contributed by atoms with Gasteiger partial charge in [-0.3, -0.25) is 0 Å². The van der Waals surface area contributed by atoms with E-state index in [1.807, 2.05) is 54.6 Å². The molecule has 8 heteroatoms. The summed E-state index contributed by atoms with van der Waals surface area (Å²) in [6, 6.07) is 21.1. The molecule has 0 aliphatic rings. The van der Waals surface area contributed by atoms with Gasteiger partial charge in [0.1, 0.15) is 17.2 Å². The van der Waals surface area contributed by atoms with Gasteiger partial charge in [0.2, 0.25) is 8.32 Å². The second kappa shape index (κ2) is 11.1. The normalized spacial score (nSPS) is 12.3. The standard InChI is InChI=1S/C30H33N3O4Si/c1-30(2,3)38(4,5)37-24-14-9-13-22(18-24)27-20-31-28(25(32-27)17-21-11-7-6-8-12-21)33-26(29(34)35)19-23-15-10-16-36-23/h6-16,18-20H,17H2,1-5H3,(H,31,33)(H,34,35)/b26-19-. The topological polar surface area (TPSA) is 97.5 Å². The fourth-order valence-corrected chi connectivity index (χ4v) is 4.57. The number of aromatic nitrogens is 2. The molecule has 0 saturated heterocycles. The Labute approximate surface area is 224 Å². The van der Waals surface area contributed by atoms with E-state index in [2.05, 4.69) is 44.2 Å². The number of benzene rings is 2. The second-order valence-corrected chi connectivity index (χ2v) is 15.3. The molecule has 4 aromatic rings. The van der Waals surface area contributed by atoms with Crippen molar-refractivity contribution in [3.05, 3.63) is 102 Å². The number of nitrogens with one attached hydrogen (secondary N) is 1. The molecular weight excluding hydrogens is 494 g/mol. The van der Waals surface area contributed by atoms with Crippen LogP contribution < -0.4 is 9.74 Å². The average Bonchev–Trinajstić information content (AvgIpc) is 3.37. The van der Waals surface area contributed by atoms with Gasteiger partial charge in [0.15, 0.2) is 5.82 Å². The molecule has 0 aliphatic heterocycles. The van der Waals surface area contributed by atoms with E-state index in [0.29, 0.717) is 29.4 Å². The van der Waals surface area contributed by atoms with Crippen LogP contribution in [-0.4, -0.2) is 29.4 Å². The molecule has 0 radical (unpaired) electrons. The lowest BCUT2D eigenvalue weighted by molar-refractivity contribution is -0.132. The lowest BCUT2D eigenvalue weighted by atomic mass is 10.1. The summed E-state index contributed by atoms with van der Waals surface area (Å²) in [4.78, 5) is 21.5. The zero-order valence-electron chi connectivity index (χ0n) is 22.4.